The van der Waals surface area contributed by atoms with Crippen LogP contribution in [0.1, 0.15) is 25.8 Å². The summed E-state index contributed by atoms with van der Waals surface area (Å²) >= 11 is 0. The Hall–Kier alpha value is -1.95. The fraction of sp³-hybridized carbons (Fsp3) is 0.429. The van der Waals surface area contributed by atoms with Gasteiger partial charge in [-0.25, -0.2) is 4.39 Å². The minimum atomic E-state index is -1.11. The third-order valence-corrected chi connectivity index (χ3v) is 2.46. The van der Waals surface area contributed by atoms with Crippen LogP contribution in [0.2, 0.25) is 0 Å². The van der Waals surface area contributed by atoms with Gasteiger partial charge in [0.15, 0.2) is 0 Å². The lowest BCUT2D eigenvalue weighted by atomic mass is 10.1. The molecule has 0 saturated carbocycles. The van der Waals surface area contributed by atoms with Gasteiger partial charge in [-0.15, -0.1) is 0 Å². The fourth-order valence-corrected chi connectivity index (χ4v) is 1.54. The molecule has 0 unspecified atom stereocenters. The number of carbonyl (C=O) groups is 2. The van der Waals surface area contributed by atoms with E-state index in [2.05, 4.69) is 5.32 Å². The molecule has 0 atom stereocenters. The maximum Gasteiger partial charge on any atom is 0.307 e. The van der Waals surface area contributed by atoms with E-state index in [1.165, 1.54) is 12.1 Å². The number of aliphatic carboxylic acids is 1. The van der Waals surface area contributed by atoms with E-state index in [0.29, 0.717) is 12.3 Å². The summed E-state index contributed by atoms with van der Waals surface area (Å²) in [5.41, 5.74) is 0.379. The van der Waals surface area contributed by atoms with E-state index in [4.69, 9.17) is 9.84 Å². The van der Waals surface area contributed by atoms with Gasteiger partial charge in [0.25, 0.3) is 0 Å². The highest BCUT2D eigenvalue weighted by Crippen LogP contribution is 2.15. The Labute approximate surface area is 116 Å². The molecule has 2 N–H and O–H groups in total. The Morgan fingerprint density at radius 3 is 2.65 bits per heavy atom. The van der Waals surface area contributed by atoms with Crippen molar-refractivity contribution in [1.82, 2.24) is 0 Å². The first-order chi connectivity index (χ1) is 9.38. The van der Waals surface area contributed by atoms with Gasteiger partial charge < -0.3 is 15.2 Å². The third-order valence-electron chi connectivity index (χ3n) is 2.46. The Kier molecular flexibility index (Phi) is 6.11. The first-order valence-electron chi connectivity index (χ1n) is 6.30. The smallest absolute Gasteiger partial charge is 0.307 e. The SMILES string of the molecule is CC(C)OCCC(=O)Nc1ccc(CC(=O)O)c(F)c1. The van der Waals surface area contributed by atoms with Crippen molar-refractivity contribution in [3.63, 3.8) is 0 Å². The lowest BCUT2D eigenvalue weighted by Crippen LogP contribution is -2.16. The molecule has 5 nitrogen and oxygen atoms in total. The van der Waals surface area contributed by atoms with E-state index in [0.717, 1.165) is 6.07 Å². The van der Waals surface area contributed by atoms with E-state index < -0.39 is 11.8 Å². The molecule has 20 heavy (non-hydrogen) atoms. The molecule has 0 bridgehead atoms. The molecule has 0 aliphatic carbocycles. The van der Waals surface area contributed by atoms with Crippen molar-refractivity contribution >= 4 is 17.6 Å². The van der Waals surface area contributed by atoms with Crippen LogP contribution in [0.4, 0.5) is 10.1 Å². The quantitative estimate of drug-likeness (QED) is 0.804. The van der Waals surface area contributed by atoms with Crippen LogP contribution in [0.15, 0.2) is 18.2 Å². The molecule has 0 saturated heterocycles. The van der Waals surface area contributed by atoms with Crippen molar-refractivity contribution in [3.8, 4) is 0 Å². The number of halogens is 1. The summed E-state index contributed by atoms with van der Waals surface area (Å²) in [6.07, 6.45) is -0.158. The van der Waals surface area contributed by atoms with Gasteiger partial charge in [-0.3, -0.25) is 9.59 Å². The Morgan fingerprint density at radius 2 is 2.10 bits per heavy atom. The highest BCUT2D eigenvalue weighted by atomic mass is 19.1. The number of carboxylic acid groups (broad SMARTS) is 1. The molecule has 0 aromatic heterocycles. The summed E-state index contributed by atoms with van der Waals surface area (Å²) in [5, 5.41) is 11.1. The molecule has 1 aromatic carbocycles. The van der Waals surface area contributed by atoms with Crippen LogP contribution in [-0.4, -0.2) is 29.7 Å². The van der Waals surface area contributed by atoms with Gasteiger partial charge in [0.1, 0.15) is 5.82 Å². The molecule has 0 heterocycles. The largest absolute Gasteiger partial charge is 0.481 e. The molecule has 0 radical (unpaired) electrons. The molecule has 1 amide bonds. The van der Waals surface area contributed by atoms with Gasteiger partial charge in [-0.05, 0) is 31.5 Å². The lowest BCUT2D eigenvalue weighted by molar-refractivity contribution is -0.136. The molecule has 6 heteroatoms. The number of carboxylic acids is 1. The van der Waals surface area contributed by atoms with Gasteiger partial charge in [0, 0.05) is 5.69 Å². The topological polar surface area (TPSA) is 75.6 Å². The van der Waals surface area contributed by atoms with Crippen LogP contribution < -0.4 is 5.32 Å². The predicted molar refractivity (Wildman–Crippen MR) is 72.1 cm³/mol. The van der Waals surface area contributed by atoms with E-state index in [9.17, 15) is 14.0 Å². The molecule has 0 spiro atoms. The first kappa shape index (κ1) is 16.1. The lowest BCUT2D eigenvalue weighted by Gasteiger charge is -2.09. The van der Waals surface area contributed by atoms with Crippen molar-refractivity contribution in [2.45, 2.75) is 32.8 Å². The van der Waals surface area contributed by atoms with E-state index >= 15 is 0 Å². The predicted octanol–water partition coefficient (Wildman–Crippen LogP) is 2.21. The molecule has 0 aliphatic rings. The summed E-state index contributed by atoms with van der Waals surface area (Å²) in [6, 6.07) is 3.94. The maximum atomic E-state index is 13.6. The van der Waals surface area contributed by atoms with Crippen LogP contribution >= 0.6 is 0 Å². The van der Waals surface area contributed by atoms with Gasteiger partial charge in [0.2, 0.25) is 5.91 Å². The second-order valence-corrected chi connectivity index (χ2v) is 4.59. The second kappa shape index (κ2) is 7.59. The zero-order chi connectivity index (χ0) is 15.1. The number of amides is 1. The number of carbonyl (C=O) groups excluding carboxylic acids is 1. The van der Waals surface area contributed by atoms with Crippen molar-refractivity contribution in [1.29, 1.82) is 0 Å². The highest BCUT2D eigenvalue weighted by Gasteiger charge is 2.09. The van der Waals surface area contributed by atoms with Crippen molar-refractivity contribution < 1.29 is 23.8 Å². The summed E-state index contributed by atoms with van der Waals surface area (Å²) in [5.74, 6) is -2.04. The normalized spacial score (nSPS) is 10.6. The van der Waals surface area contributed by atoms with E-state index in [1.807, 2.05) is 13.8 Å². The Balaban J connectivity index is 2.54. The van der Waals surface area contributed by atoms with Crippen LogP contribution in [0.25, 0.3) is 0 Å². The third kappa shape index (κ3) is 5.79. The Morgan fingerprint density at radius 1 is 1.40 bits per heavy atom. The van der Waals surface area contributed by atoms with Crippen LogP contribution in [-0.2, 0) is 20.7 Å². The molecule has 1 aromatic rings. The van der Waals surface area contributed by atoms with Gasteiger partial charge in [0.05, 0.1) is 25.6 Å². The van der Waals surface area contributed by atoms with Gasteiger partial charge in [-0.1, -0.05) is 6.07 Å². The standard InChI is InChI=1S/C14H18FNO4/c1-9(2)20-6-5-13(17)16-11-4-3-10(7-14(18)19)12(15)8-11/h3-4,8-9H,5-7H2,1-2H3,(H,16,17)(H,18,19). The summed E-state index contributed by atoms with van der Waals surface area (Å²) in [6.45, 7) is 4.03. The number of hydrogen-bond donors (Lipinski definition) is 2. The molecule has 110 valence electrons. The monoisotopic (exact) mass is 283 g/mol. The number of hydrogen-bond acceptors (Lipinski definition) is 3. The van der Waals surface area contributed by atoms with Crippen molar-refractivity contribution in [3.05, 3.63) is 29.6 Å². The highest BCUT2D eigenvalue weighted by molar-refractivity contribution is 5.90. The Bertz CT molecular complexity index is 488. The fourth-order valence-electron chi connectivity index (χ4n) is 1.54. The minimum absolute atomic E-state index is 0.0514. The van der Waals surface area contributed by atoms with Crippen molar-refractivity contribution in [2.75, 3.05) is 11.9 Å². The number of rotatable bonds is 7. The average molecular weight is 283 g/mol. The summed E-state index contributed by atoms with van der Waals surface area (Å²) in [4.78, 5) is 22.1. The van der Waals surface area contributed by atoms with Crippen LogP contribution in [0.5, 0.6) is 0 Å². The molecule has 1 rings (SSSR count). The van der Waals surface area contributed by atoms with Gasteiger partial charge in [-0.2, -0.15) is 0 Å². The first-order valence-corrected chi connectivity index (χ1v) is 6.30. The minimum Gasteiger partial charge on any atom is -0.481 e. The van der Waals surface area contributed by atoms with E-state index in [-0.39, 0.29) is 30.4 Å². The van der Waals surface area contributed by atoms with Crippen LogP contribution in [0, 0.1) is 5.82 Å². The molecular formula is C14H18FNO4. The number of benzene rings is 1. The van der Waals surface area contributed by atoms with Crippen LogP contribution in [0.3, 0.4) is 0 Å². The molecular weight excluding hydrogens is 265 g/mol. The maximum absolute atomic E-state index is 13.6. The zero-order valence-corrected chi connectivity index (χ0v) is 11.5. The molecule has 0 aliphatic heterocycles. The summed E-state index contributed by atoms with van der Waals surface area (Å²) < 4.78 is 18.8. The van der Waals surface area contributed by atoms with Crippen molar-refractivity contribution in [2.24, 2.45) is 0 Å². The number of anilines is 1. The van der Waals surface area contributed by atoms with Gasteiger partial charge >= 0.3 is 5.97 Å². The summed E-state index contributed by atoms with van der Waals surface area (Å²) in [7, 11) is 0. The molecule has 0 fully saturated rings. The van der Waals surface area contributed by atoms with E-state index in [1.54, 1.807) is 0 Å². The zero-order valence-electron chi connectivity index (χ0n) is 11.5. The number of nitrogens with one attached hydrogen (secondary N) is 1. The number of ether oxygens (including phenoxy) is 1. The second-order valence-electron chi connectivity index (χ2n) is 4.59. The average Bonchev–Trinajstić information content (AvgIpc) is 2.31.